The zero-order valence-electron chi connectivity index (χ0n) is 13.2. The van der Waals surface area contributed by atoms with Crippen molar-refractivity contribution in [2.45, 2.75) is 45.6 Å². The number of hydrogen-bond acceptors (Lipinski definition) is 3. The van der Waals surface area contributed by atoms with Gasteiger partial charge in [0, 0.05) is 13.0 Å². The predicted octanol–water partition coefficient (Wildman–Crippen LogP) is 2.90. The molecule has 0 unspecified atom stereocenters. The molecular weight excluding hydrogens is 276 g/mol. The molecule has 5 nitrogen and oxygen atoms in total. The van der Waals surface area contributed by atoms with Gasteiger partial charge in [0.15, 0.2) is 5.82 Å². The fourth-order valence-electron chi connectivity index (χ4n) is 2.79. The van der Waals surface area contributed by atoms with Crippen LogP contribution in [0.3, 0.4) is 0 Å². The van der Waals surface area contributed by atoms with E-state index >= 15 is 0 Å². The molecule has 0 radical (unpaired) electrons. The molecule has 0 saturated carbocycles. The largest absolute Gasteiger partial charge is 0.335 e. The Kier molecular flexibility index (Phi) is 4.22. The average molecular weight is 298 g/mol. The number of rotatable bonds is 4. The van der Waals surface area contributed by atoms with Crippen LogP contribution in [-0.4, -0.2) is 32.1 Å². The highest BCUT2D eigenvalue weighted by atomic mass is 16.2. The Morgan fingerprint density at radius 1 is 1.18 bits per heavy atom. The van der Waals surface area contributed by atoms with Gasteiger partial charge in [0.25, 0.3) is 0 Å². The summed E-state index contributed by atoms with van der Waals surface area (Å²) in [6.45, 7) is 5.71. The average Bonchev–Trinajstić information content (AvgIpc) is 2.98. The van der Waals surface area contributed by atoms with Gasteiger partial charge in [0.1, 0.15) is 6.33 Å². The third-order valence-electron chi connectivity index (χ3n) is 4.18. The summed E-state index contributed by atoms with van der Waals surface area (Å²) >= 11 is 0. The van der Waals surface area contributed by atoms with Gasteiger partial charge in [0.2, 0.25) is 5.91 Å². The van der Waals surface area contributed by atoms with Crippen LogP contribution in [0.2, 0.25) is 0 Å². The molecule has 1 aromatic heterocycles. The van der Waals surface area contributed by atoms with E-state index < -0.39 is 0 Å². The summed E-state index contributed by atoms with van der Waals surface area (Å²) in [5.41, 5.74) is 2.29. The highest BCUT2D eigenvalue weighted by Crippen LogP contribution is 2.18. The Labute approximate surface area is 131 Å². The van der Waals surface area contributed by atoms with Crippen LogP contribution in [0.25, 0.3) is 5.69 Å². The molecule has 1 amide bonds. The number of carbonyl (C=O) groups excluding carboxylic acids is 1. The van der Waals surface area contributed by atoms with E-state index in [1.807, 2.05) is 9.58 Å². The smallest absolute Gasteiger partial charge is 0.222 e. The number of benzene rings is 1. The summed E-state index contributed by atoms with van der Waals surface area (Å²) in [5, 5.41) is 4.32. The summed E-state index contributed by atoms with van der Waals surface area (Å²) in [4.78, 5) is 18.2. The Morgan fingerprint density at radius 2 is 1.95 bits per heavy atom. The summed E-state index contributed by atoms with van der Waals surface area (Å²) < 4.78 is 1.83. The third-order valence-corrected chi connectivity index (χ3v) is 4.18. The van der Waals surface area contributed by atoms with Crippen molar-refractivity contribution in [2.24, 2.45) is 0 Å². The minimum Gasteiger partial charge on any atom is -0.335 e. The van der Waals surface area contributed by atoms with Gasteiger partial charge in [-0.05, 0) is 36.5 Å². The number of carbonyl (C=O) groups is 1. The van der Waals surface area contributed by atoms with Crippen LogP contribution in [0.5, 0.6) is 0 Å². The first-order valence-corrected chi connectivity index (χ1v) is 7.92. The molecule has 5 heteroatoms. The molecule has 1 aliphatic rings. The van der Waals surface area contributed by atoms with Crippen LogP contribution in [-0.2, 0) is 11.3 Å². The SMILES string of the molecule is CC(C)c1ccc(-n2ncnc2CN2CCCCC2=O)cc1. The normalized spacial score (nSPS) is 15.6. The van der Waals surface area contributed by atoms with Crippen molar-refractivity contribution in [3.05, 3.63) is 42.0 Å². The third kappa shape index (κ3) is 3.03. The lowest BCUT2D eigenvalue weighted by Gasteiger charge is -2.26. The van der Waals surface area contributed by atoms with E-state index in [-0.39, 0.29) is 5.91 Å². The number of piperidine rings is 1. The zero-order chi connectivity index (χ0) is 15.5. The first-order chi connectivity index (χ1) is 10.6. The standard InChI is InChI=1S/C17H22N4O/c1-13(2)14-6-8-15(9-7-14)21-16(18-12-19-21)11-20-10-4-3-5-17(20)22/h6-9,12-13H,3-5,10-11H2,1-2H3. The minimum atomic E-state index is 0.218. The second kappa shape index (κ2) is 6.30. The van der Waals surface area contributed by atoms with E-state index in [0.717, 1.165) is 30.9 Å². The molecule has 1 aliphatic heterocycles. The number of likely N-dealkylation sites (tertiary alicyclic amines) is 1. The van der Waals surface area contributed by atoms with Crippen molar-refractivity contribution in [1.82, 2.24) is 19.7 Å². The molecule has 1 saturated heterocycles. The quantitative estimate of drug-likeness (QED) is 0.872. The maximum Gasteiger partial charge on any atom is 0.222 e. The van der Waals surface area contributed by atoms with Crippen molar-refractivity contribution in [2.75, 3.05) is 6.54 Å². The van der Waals surface area contributed by atoms with Gasteiger partial charge < -0.3 is 4.90 Å². The van der Waals surface area contributed by atoms with Gasteiger partial charge in [-0.3, -0.25) is 4.79 Å². The molecule has 0 aliphatic carbocycles. The van der Waals surface area contributed by atoms with Gasteiger partial charge >= 0.3 is 0 Å². The Hall–Kier alpha value is -2.17. The predicted molar refractivity (Wildman–Crippen MR) is 84.7 cm³/mol. The van der Waals surface area contributed by atoms with Crippen LogP contribution in [0.15, 0.2) is 30.6 Å². The van der Waals surface area contributed by atoms with E-state index in [0.29, 0.717) is 18.9 Å². The second-order valence-corrected chi connectivity index (χ2v) is 6.11. The zero-order valence-corrected chi connectivity index (χ0v) is 13.2. The summed E-state index contributed by atoms with van der Waals surface area (Å²) in [6, 6.07) is 8.37. The molecular formula is C17H22N4O. The molecule has 0 spiro atoms. The van der Waals surface area contributed by atoms with Crippen LogP contribution < -0.4 is 0 Å². The van der Waals surface area contributed by atoms with Crippen molar-refractivity contribution >= 4 is 5.91 Å². The highest BCUT2D eigenvalue weighted by molar-refractivity contribution is 5.76. The number of amides is 1. The molecule has 2 heterocycles. The van der Waals surface area contributed by atoms with Crippen LogP contribution in [0.1, 0.15) is 50.4 Å². The first kappa shape index (κ1) is 14.8. The Bertz CT molecular complexity index is 645. The Morgan fingerprint density at radius 3 is 2.64 bits per heavy atom. The molecule has 3 rings (SSSR count). The minimum absolute atomic E-state index is 0.218. The molecule has 1 aromatic carbocycles. The van der Waals surface area contributed by atoms with E-state index in [4.69, 9.17) is 0 Å². The maximum atomic E-state index is 12.0. The fraction of sp³-hybridized carbons (Fsp3) is 0.471. The molecule has 0 atom stereocenters. The Balaban J connectivity index is 1.80. The lowest BCUT2D eigenvalue weighted by molar-refractivity contribution is -0.134. The lowest BCUT2D eigenvalue weighted by atomic mass is 10.0. The van der Waals surface area contributed by atoms with Crippen LogP contribution in [0, 0.1) is 0 Å². The molecule has 1 fully saturated rings. The van der Waals surface area contributed by atoms with E-state index in [1.165, 1.54) is 5.56 Å². The fourth-order valence-corrected chi connectivity index (χ4v) is 2.79. The van der Waals surface area contributed by atoms with E-state index in [1.54, 1.807) is 6.33 Å². The number of nitrogens with zero attached hydrogens (tertiary/aromatic N) is 4. The molecule has 116 valence electrons. The molecule has 0 bridgehead atoms. The second-order valence-electron chi connectivity index (χ2n) is 6.11. The van der Waals surface area contributed by atoms with E-state index in [2.05, 4.69) is 48.2 Å². The summed E-state index contributed by atoms with van der Waals surface area (Å²) in [6.07, 6.45) is 4.28. The molecule has 0 N–H and O–H groups in total. The van der Waals surface area contributed by atoms with Gasteiger partial charge in [-0.15, -0.1) is 0 Å². The van der Waals surface area contributed by atoms with Crippen LogP contribution >= 0.6 is 0 Å². The van der Waals surface area contributed by atoms with Gasteiger partial charge in [-0.2, -0.15) is 5.10 Å². The van der Waals surface area contributed by atoms with Gasteiger partial charge in [-0.1, -0.05) is 26.0 Å². The number of aromatic nitrogens is 3. The van der Waals surface area contributed by atoms with Crippen molar-refractivity contribution < 1.29 is 4.79 Å². The van der Waals surface area contributed by atoms with Crippen molar-refractivity contribution in [1.29, 1.82) is 0 Å². The summed E-state index contributed by atoms with van der Waals surface area (Å²) in [7, 11) is 0. The number of hydrogen-bond donors (Lipinski definition) is 0. The van der Waals surface area contributed by atoms with Crippen LogP contribution in [0.4, 0.5) is 0 Å². The maximum absolute atomic E-state index is 12.0. The monoisotopic (exact) mass is 298 g/mol. The van der Waals surface area contributed by atoms with E-state index in [9.17, 15) is 4.79 Å². The van der Waals surface area contributed by atoms with Gasteiger partial charge in [-0.25, -0.2) is 9.67 Å². The van der Waals surface area contributed by atoms with Gasteiger partial charge in [0.05, 0.1) is 12.2 Å². The summed E-state index contributed by atoms with van der Waals surface area (Å²) in [5.74, 6) is 1.54. The first-order valence-electron chi connectivity index (χ1n) is 7.92. The van der Waals surface area contributed by atoms with Crippen molar-refractivity contribution in [3.63, 3.8) is 0 Å². The lowest BCUT2D eigenvalue weighted by Crippen LogP contribution is -2.35. The highest BCUT2D eigenvalue weighted by Gasteiger charge is 2.20. The molecule has 2 aromatic rings. The molecule has 22 heavy (non-hydrogen) atoms. The topological polar surface area (TPSA) is 51.0 Å². The van der Waals surface area contributed by atoms with Crippen molar-refractivity contribution in [3.8, 4) is 5.69 Å².